The molecule has 0 saturated carbocycles. The second kappa shape index (κ2) is 6.06. The number of anilines is 1. The summed E-state index contributed by atoms with van der Waals surface area (Å²) in [5.41, 5.74) is 4.08. The molecule has 0 radical (unpaired) electrons. The molecule has 0 aliphatic rings. The molecule has 0 spiro atoms. The second-order valence-electron chi connectivity index (χ2n) is 5.47. The molecule has 0 unspecified atom stereocenters. The SMILES string of the molecule is CCN(CC(=O)c1c[nH]c2ccccc12)c1ccccc1C. The van der Waals surface area contributed by atoms with Gasteiger partial charge in [0.25, 0.3) is 0 Å². The Bertz CT molecular complexity index is 804. The van der Waals surface area contributed by atoms with E-state index in [2.05, 4.69) is 35.9 Å². The van der Waals surface area contributed by atoms with Crippen LogP contribution in [-0.2, 0) is 0 Å². The van der Waals surface area contributed by atoms with Gasteiger partial charge < -0.3 is 9.88 Å². The maximum Gasteiger partial charge on any atom is 0.184 e. The number of likely N-dealkylation sites (N-methyl/N-ethyl adjacent to an activating group) is 1. The molecule has 3 nitrogen and oxygen atoms in total. The number of Topliss-reactive ketones (excluding diaryl/α,β-unsaturated/α-hetero) is 1. The lowest BCUT2D eigenvalue weighted by atomic mass is 10.1. The molecular weight excluding hydrogens is 272 g/mol. The first-order chi connectivity index (χ1) is 10.7. The minimum atomic E-state index is 0.141. The Hall–Kier alpha value is -2.55. The van der Waals surface area contributed by atoms with Crippen LogP contribution >= 0.6 is 0 Å². The Balaban J connectivity index is 1.88. The molecule has 1 N–H and O–H groups in total. The number of carbonyl (C=O) groups is 1. The van der Waals surface area contributed by atoms with Crippen LogP contribution in [0.25, 0.3) is 10.9 Å². The zero-order valence-corrected chi connectivity index (χ0v) is 13.0. The van der Waals surface area contributed by atoms with Gasteiger partial charge in [0, 0.05) is 34.9 Å². The van der Waals surface area contributed by atoms with Crippen LogP contribution in [0, 0.1) is 6.92 Å². The summed E-state index contributed by atoms with van der Waals surface area (Å²) in [6.45, 7) is 5.35. The van der Waals surface area contributed by atoms with Crippen molar-refractivity contribution >= 4 is 22.4 Å². The van der Waals surface area contributed by atoms with Crippen LogP contribution < -0.4 is 4.90 Å². The van der Waals surface area contributed by atoms with E-state index in [0.29, 0.717) is 6.54 Å². The normalized spacial score (nSPS) is 10.8. The number of rotatable bonds is 5. The van der Waals surface area contributed by atoms with E-state index >= 15 is 0 Å². The Morgan fingerprint density at radius 1 is 1.09 bits per heavy atom. The zero-order valence-electron chi connectivity index (χ0n) is 13.0. The minimum absolute atomic E-state index is 0.141. The van der Waals surface area contributed by atoms with E-state index in [1.807, 2.05) is 42.6 Å². The number of carbonyl (C=O) groups excluding carboxylic acids is 1. The smallest absolute Gasteiger partial charge is 0.184 e. The first kappa shape index (κ1) is 14.4. The maximum atomic E-state index is 12.7. The van der Waals surface area contributed by atoms with Crippen LogP contribution in [0.5, 0.6) is 0 Å². The summed E-state index contributed by atoms with van der Waals surface area (Å²) >= 11 is 0. The molecule has 3 rings (SSSR count). The number of nitrogens with zero attached hydrogens (tertiary/aromatic N) is 1. The molecule has 112 valence electrons. The Morgan fingerprint density at radius 2 is 1.82 bits per heavy atom. The van der Waals surface area contributed by atoms with Gasteiger partial charge in [-0.1, -0.05) is 36.4 Å². The number of benzene rings is 2. The first-order valence-corrected chi connectivity index (χ1v) is 7.60. The number of hydrogen-bond acceptors (Lipinski definition) is 2. The highest BCUT2D eigenvalue weighted by Crippen LogP contribution is 2.22. The number of aromatic amines is 1. The molecule has 0 amide bonds. The quantitative estimate of drug-likeness (QED) is 0.716. The van der Waals surface area contributed by atoms with Gasteiger partial charge in [-0.25, -0.2) is 0 Å². The summed E-state index contributed by atoms with van der Waals surface area (Å²) in [6, 6.07) is 16.1. The van der Waals surface area contributed by atoms with Gasteiger partial charge in [0.1, 0.15) is 0 Å². The number of aryl methyl sites for hydroxylation is 1. The van der Waals surface area contributed by atoms with Crippen LogP contribution in [0.2, 0.25) is 0 Å². The molecule has 1 aromatic heterocycles. The van der Waals surface area contributed by atoms with Crippen molar-refractivity contribution in [2.24, 2.45) is 0 Å². The topological polar surface area (TPSA) is 36.1 Å². The van der Waals surface area contributed by atoms with Gasteiger partial charge in [-0.2, -0.15) is 0 Å². The largest absolute Gasteiger partial charge is 0.364 e. The van der Waals surface area contributed by atoms with Gasteiger partial charge in [-0.05, 0) is 31.5 Å². The summed E-state index contributed by atoms with van der Waals surface area (Å²) in [5.74, 6) is 0.141. The predicted molar refractivity (Wildman–Crippen MR) is 91.7 cm³/mol. The predicted octanol–water partition coefficient (Wildman–Crippen LogP) is 4.19. The number of para-hydroxylation sites is 2. The number of hydrogen-bond donors (Lipinski definition) is 1. The van der Waals surface area contributed by atoms with Gasteiger partial charge in [0.15, 0.2) is 5.78 Å². The highest BCUT2D eigenvalue weighted by atomic mass is 16.1. The van der Waals surface area contributed by atoms with E-state index in [9.17, 15) is 4.79 Å². The summed E-state index contributed by atoms with van der Waals surface area (Å²) < 4.78 is 0. The fraction of sp³-hybridized carbons (Fsp3) is 0.211. The molecule has 0 aliphatic heterocycles. The standard InChI is InChI=1S/C19H20N2O/c1-3-21(18-11-7-4-8-14(18)2)13-19(22)16-12-20-17-10-6-5-9-15(16)17/h4-12,20H,3,13H2,1-2H3. The molecule has 1 heterocycles. The van der Waals surface area contributed by atoms with E-state index in [4.69, 9.17) is 0 Å². The lowest BCUT2D eigenvalue weighted by Gasteiger charge is -2.24. The summed E-state index contributed by atoms with van der Waals surface area (Å²) in [7, 11) is 0. The molecule has 3 heteroatoms. The average Bonchev–Trinajstić information content (AvgIpc) is 2.97. The highest BCUT2D eigenvalue weighted by Gasteiger charge is 2.16. The van der Waals surface area contributed by atoms with Crippen molar-refractivity contribution in [1.29, 1.82) is 0 Å². The summed E-state index contributed by atoms with van der Waals surface area (Å²) in [6.07, 6.45) is 1.82. The second-order valence-corrected chi connectivity index (χ2v) is 5.47. The summed E-state index contributed by atoms with van der Waals surface area (Å²) in [5, 5.41) is 0.994. The van der Waals surface area contributed by atoms with Crippen LogP contribution in [0.15, 0.2) is 54.7 Å². The highest BCUT2D eigenvalue weighted by molar-refractivity contribution is 6.09. The average molecular weight is 292 g/mol. The third-order valence-corrected chi connectivity index (χ3v) is 4.06. The number of nitrogens with one attached hydrogen (secondary N) is 1. The lowest BCUT2D eigenvalue weighted by Crippen LogP contribution is -2.30. The number of fused-ring (bicyclic) bond motifs is 1. The third kappa shape index (κ3) is 2.62. The number of H-pyrrole nitrogens is 1. The Labute approximate surface area is 130 Å². The van der Waals surface area contributed by atoms with E-state index < -0.39 is 0 Å². The molecule has 0 bridgehead atoms. The third-order valence-electron chi connectivity index (χ3n) is 4.06. The summed E-state index contributed by atoms with van der Waals surface area (Å²) in [4.78, 5) is 18.0. The zero-order chi connectivity index (χ0) is 15.5. The molecule has 3 aromatic rings. The molecule has 0 fully saturated rings. The van der Waals surface area contributed by atoms with Gasteiger partial charge >= 0.3 is 0 Å². The van der Waals surface area contributed by atoms with Crippen LogP contribution in [0.1, 0.15) is 22.8 Å². The fourth-order valence-electron chi connectivity index (χ4n) is 2.85. The van der Waals surface area contributed by atoms with Gasteiger partial charge in [0.05, 0.1) is 6.54 Å². The molecule has 22 heavy (non-hydrogen) atoms. The molecule has 2 aromatic carbocycles. The molecule has 0 saturated heterocycles. The fourth-order valence-corrected chi connectivity index (χ4v) is 2.85. The lowest BCUT2D eigenvalue weighted by molar-refractivity contribution is 0.100. The van der Waals surface area contributed by atoms with E-state index in [0.717, 1.165) is 28.7 Å². The molecule has 0 aliphatic carbocycles. The van der Waals surface area contributed by atoms with Crippen molar-refractivity contribution in [3.8, 4) is 0 Å². The van der Waals surface area contributed by atoms with Crippen LogP contribution in [0.3, 0.4) is 0 Å². The maximum absolute atomic E-state index is 12.7. The van der Waals surface area contributed by atoms with Crippen LogP contribution in [0.4, 0.5) is 5.69 Å². The molecule has 0 atom stereocenters. The number of ketones is 1. The van der Waals surface area contributed by atoms with Crippen molar-refractivity contribution < 1.29 is 4.79 Å². The molecular formula is C19H20N2O. The first-order valence-electron chi connectivity index (χ1n) is 7.60. The van der Waals surface area contributed by atoms with Crippen molar-refractivity contribution in [1.82, 2.24) is 4.98 Å². The Kier molecular flexibility index (Phi) is 3.96. The van der Waals surface area contributed by atoms with Crippen molar-refractivity contribution in [2.45, 2.75) is 13.8 Å². The number of aromatic nitrogens is 1. The van der Waals surface area contributed by atoms with Gasteiger partial charge in [0.2, 0.25) is 0 Å². The van der Waals surface area contributed by atoms with Crippen molar-refractivity contribution in [2.75, 3.05) is 18.0 Å². The van der Waals surface area contributed by atoms with E-state index in [1.54, 1.807) is 0 Å². The van der Waals surface area contributed by atoms with E-state index in [1.165, 1.54) is 5.56 Å². The van der Waals surface area contributed by atoms with Gasteiger partial charge in [-0.3, -0.25) is 4.79 Å². The monoisotopic (exact) mass is 292 g/mol. The van der Waals surface area contributed by atoms with E-state index in [-0.39, 0.29) is 5.78 Å². The van der Waals surface area contributed by atoms with Crippen molar-refractivity contribution in [3.63, 3.8) is 0 Å². The van der Waals surface area contributed by atoms with Crippen LogP contribution in [-0.4, -0.2) is 23.9 Å². The van der Waals surface area contributed by atoms with Gasteiger partial charge in [-0.15, -0.1) is 0 Å². The Morgan fingerprint density at radius 3 is 2.59 bits per heavy atom. The minimum Gasteiger partial charge on any atom is -0.364 e. The van der Waals surface area contributed by atoms with Crippen molar-refractivity contribution in [3.05, 3.63) is 65.9 Å².